The van der Waals surface area contributed by atoms with Crippen molar-refractivity contribution >= 4 is 6.09 Å². The average molecular weight is 434 g/mol. The highest BCUT2D eigenvalue weighted by atomic mass is 19.4. The lowest BCUT2D eigenvalue weighted by molar-refractivity contribution is -0.215. The van der Waals surface area contributed by atoms with Crippen LogP contribution in [0.2, 0.25) is 0 Å². The zero-order valence-electron chi connectivity index (χ0n) is 16.7. The molecule has 1 aromatic rings. The molecule has 2 saturated heterocycles. The summed E-state index contributed by atoms with van der Waals surface area (Å²) < 4.78 is 61.8. The smallest absolute Gasteiger partial charge is 0.427 e. The summed E-state index contributed by atoms with van der Waals surface area (Å²) in [5.74, 6) is -0.294. The van der Waals surface area contributed by atoms with Gasteiger partial charge in [-0.2, -0.15) is 13.2 Å². The summed E-state index contributed by atoms with van der Waals surface area (Å²) in [5.41, 5.74) is 0.487. The molecule has 30 heavy (non-hydrogen) atoms. The number of benzene rings is 1. The molecule has 6 nitrogen and oxygen atoms in total. The van der Waals surface area contributed by atoms with Crippen LogP contribution in [0, 0.1) is 5.82 Å². The summed E-state index contributed by atoms with van der Waals surface area (Å²) in [7, 11) is 0. The number of amides is 1. The number of morpholine rings is 1. The van der Waals surface area contributed by atoms with Crippen LogP contribution in [0.3, 0.4) is 0 Å². The molecule has 0 aliphatic carbocycles. The van der Waals surface area contributed by atoms with E-state index in [2.05, 4.69) is 9.64 Å². The van der Waals surface area contributed by atoms with E-state index >= 15 is 0 Å². The minimum absolute atomic E-state index is 0.0477. The van der Waals surface area contributed by atoms with Crippen LogP contribution in [-0.2, 0) is 9.47 Å². The summed E-state index contributed by atoms with van der Waals surface area (Å²) in [6, 6.07) is 6.39. The van der Waals surface area contributed by atoms with E-state index in [9.17, 15) is 22.4 Å². The number of aliphatic hydroxyl groups is 1. The molecule has 2 fully saturated rings. The van der Waals surface area contributed by atoms with Gasteiger partial charge in [-0.3, -0.25) is 4.90 Å². The number of rotatable bonds is 4. The Morgan fingerprint density at radius 3 is 2.43 bits per heavy atom. The quantitative estimate of drug-likeness (QED) is 0.738. The molecule has 0 aromatic heterocycles. The predicted molar refractivity (Wildman–Crippen MR) is 99.3 cm³/mol. The molecular formula is C20H26F4N2O4. The summed E-state index contributed by atoms with van der Waals surface area (Å²) in [6.07, 6.45) is -7.51. The molecule has 2 aliphatic heterocycles. The number of aliphatic hydroxyl groups excluding tert-OH is 1. The zero-order chi connectivity index (χ0) is 21.9. The monoisotopic (exact) mass is 434 g/mol. The number of halogens is 4. The van der Waals surface area contributed by atoms with Gasteiger partial charge < -0.3 is 19.5 Å². The Labute approximate surface area is 172 Å². The fraction of sp³-hybridized carbons (Fsp3) is 0.650. The van der Waals surface area contributed by atoms with E-state index < -0.39 is 30.6 Å². The lowest BCUT2D eigenvalue weighted by Gasteiger charge is -2.48. The van der Waals surface area contributed by atoms with Gasteiger partial charge in [-0.15, -0.1) is 0 Å². The van der Waals surface area contributed by atoms with Crippen LogP contribution in [-0.4, -0.2) is 78.3 Å². The van der Waals surface area contributed by atoms with Crippen LogP contribution in [0.4, 0.5) is 22.4 Å². The van der Waals surface area contributed by atoms with E-state index in [1.54, 1.807) is 12.1 Å². The van der Waals surface area contributed by atoms with Gasteiger partial charge >= 0.3 is 12.3 Å². The molecule has 1 unspecified atom stereocenters. The fourth-order valence-electron chi connectivity index (χ4n) is 3.96. The van der Waals surface area contributed by atoms with Crippen molar-refractivity contribution in [1.82, 2.24) is 9.80 Å². The third-order valence-corrected chi connectivity index (χ3v) is 5.88. The highest BCUT2D eigenvalue weighted by molar-refractivity contribution is 5.68. The molecule has 1 N–H and O–H groups in total. The second kappa shape index (κ2) is 9.07. The summed E-state index contributed by atoms with van der Waals surface area (Å²) in [6.45, 7) is 2.93. The first kappa shape index (κ1) is 22.8. The van der Waals surface area contributed by atoms with Gasteiger partial charge in [-0.1, -0.05) is 12.1 Å². The number of alkyl halides is 3. The standard InChI is InChI=1S/C20H26F4N2O4/c1-14(15-2-4-16(21)5-3-15)26-10-11-29-19(13-26)6-8-25(9-7-19)18(28)30-17(12-27)20(22,23)24/h2-5,14,17,27H,6-13H2,1H3/t14?,17-/m1/s1. The first-order chi connectivity index (χ1) is 14.1. The van der Waals surface area contributed by atoms with Gasteiger partial charge in [0.2, 0.25) is 6.10 Å². The maximum Gasteiger partial charge on any atom is 0.427 e. The fourth-order valence-corrected chi connectivity index (χ4v) is 3.96. The topological polar surface area (TPSA) is 62.2 Å². The number of piperidine rings is 1. The number of ether oxygens (including phenoxy) is 2. The Hall–Kier alpha value is -1.91. The first-order valence-electron chi connectivity index (χ1n) is 9.90. The van der Waals surface area contributed by atoms with Crippen molar-refractivity contribution in [2.75, 3.05) is 39.4 Å². The van der Waals surface area contributed by atoms with Gasteiger partial charge in [-0.05, 0) is 37.5 Å². The van der Waals surface area contributed by atoms with Gasteiger partial charge in [0.25, 0.3) is 0 Å². The predicted octanol–water partition coefficient (Wildman–Crippen LogP) is 3.11. The number of carbonyl (C=O) groups excluding carboxylic acids is 1. The number of nitrogens with zero attached hydrogens (tertiary/aromatic N) is 2. The molecule has 2 atom stereocenters. The molecule has 2 heterocycles. The molecule has 0 bridgehead atoms. The van der Waals surface area contributed by atoms with Crippen LogP contribution in [0.5, 0.6) is 0 Å². The van der Waals surface area contributed by atoms with Gasteiger partial charge in [0.1, 0.15) is 5.82 Å². The number of hydrogen-bond acceptors (Lipinski definition) is 5. The van der Waals surface area contributed by atoms with Gasteiger partial charge in [0.15, 0.2) is 0 Å². The molecular weight excluding hydrogens is 408 g/mol. The molecule has 0 radical (unpaired) electrons. The van der Waals surface area contributed by atoms with Crippen molar-refractivity contribution in [2.45, 2.75) is 43.7 Å². The molecule has 0 saturated carbocycles. The molecule has 168 valence electrons. The molecule has 3 rings (SSSR count). The van der Waals surface area contributed by atoms with Crippen molar-refractivity contribution in [2.24, 2.45) is 0 Å². The van der Waals surface area contributed by atoms with Gasteiger partial charge in [-0.25, -0.2) is 9.18 Å². The summed E-state index contributed by atoms with van der Waals surface area (Å²) in [5, 5.41) is 8.84. The van der Waals surface area contributed by atoms with Crippen LogP contribution < -0.4 is 0 Å². The normalized spacial score (nSPS) is 22.0. The van der Waals surface area contributed by atoms with Crippen molar-refractivity contribution in [3.63, 3.8) is 0 Å². The van der Waals surface area contributed by atoms with Gasteiger partial charge in [0.05, 0.1) is 18.8 Å². The number of likely N-dealkylation sites (tertiary alicyclic amines) is 1. The maximum absolute atomic E-state index is 13.2. The minimum atomic E-state index is -4.81. The van der Waals surface area contributed by atoms with Crippen LogP contribution >= 0.6 is 0 Å². The number of carbonyl (C=O) groups is 1. The van der Waals surface area contributed by atoms with Crippen LogP contribution in [0.15, 0.2) is 24.3 Å². The van der Waals surface area contributed by atoms with E-state index in [-0.39, 0.29) is 24.9 Å². The van der Waals surface area contributed by atoms with E-state index in [0.717, 1.165) is 5.56 Å². The van der Waals surface area contributed by atoms with Crippen molar-refractivity contribution in [1.29, 1.82) is 0 Å². The maximum atomic E-state index is 13.2. The van der Waals surface area contributed by atoms with E-state index in [4.69, 9.17) is 9.84 Å². The Balaban J connectivity index is 1.57. The first-order valence-corrected chi connectivity index (χ1v) is 9.90. The van der Waals surface area contributed by atoms with Crippen LogP contribution in [0.1, 0.15) is 31.4 Å². The Morgan fingerprint density at radius 1 is 1.23 bits per heavy atom. The lowest BCUT2D eigenvalue weighted by atomic mass is 9.88. The molecule has 2 aliphatic rings. The second-order valence-corrected chi connectivity index (χ2v) is 7.81. The van der Waals surface area contributed by atoms with Crippen molar-refractivity contribution in [3.05, 3.63) is 35.6 Å². The molecule has 1 spiro atoms. The highest BCUT2D eigenvalue weighted by Gasteiger charge is 2.45. The highest BCUT2D eigenvalue weighted by Crippen LogP contribution is 2.34. The van der Waals surface area contributed by atoms with E-state index in [0.29, 0.717) is 32.5 Å². The molecule has 1 amide bonds. The SMILES string of the molecule is CC(c1ccc(F)cc1)N1CCOC2(CCN(C(=O)O[C@H](CO)C(F)(F)F)CC2)C1. The average Bonchev–Trinajstić information content (AvgIpc) is 2.71. The Morgan fingerprint density at radius 2 is 1.87 bits per heavy atom. The van der Waals surface area contributed by atoms with E-state index in [1.165, 1.54) is 17.0 Å². The largest absolute Gasteiger partial charge is 0.434 e. The third-order valence-electron chi connectivity index (χ3n) is 5.88. The molecule has 1 aromatic carbocycles. The third kappa shape index (κ3) is 5.22. The Bertz CT molecular complexity index is 721. The zero-order valence-corrected chi connectivity index (χ0v) is 16.7. The lowest BCUT2D eigenvalue weighted by Crippen LogP contribution is -2.58. The molecule has 10 heteroatoms. The van der Waals surface area contributed by atoms with Crippen molar-refractivity contribution < 1.29 is 36.9 Å². The summed E-state index contributed by atoms with van der Waals surface area (Å²) >= 11 is 0. The van der Waals surface area contributed by atoms with Gasteiger partial charge in [0, 0.05) is 32.2 Å². The van der Waals surface area contributed by atoms with Crippen LogP contribution in [0.25, 0.3) is 0 Å². The summed E-state index contributed by atoms with van der Waals surface area (Å²) in [4.78, 5) is 15.5. The number of hydrogen-bond donors (Lipinski definition) is 1. The Kier molecular flexibility index (Phi) is 6.88. The van der Waals surface area contributed by atoms with E-state index in [1.807, 2.05) is 6.92 Å². The minimum Gasteiger partial charge on any atom is -0.434 e. The van der Waals surface area contributed by atoms with Crippen molar-refractivity contribution in [3.8, 4) is 0 Å². The second-order valence-electron chi connectivity index (χ2n) is 7.81.